The first-order chi connectivity index (χ1) is 19.3. The number of nitrogens with zero attached hydrogens (tertiary/aromatic N) is 1. The molecule has 0 aliphatic carbocycles. The molecular formula is C29H27Cl2N3O5S2. The molecule has 0 spiro atoms. The van der Waals surface area contributed by atoms with Crippen molar-refractivity contribution in [3.8, 4) is 0 Å². The number of amides is 1. The number of hydrogen-bond donors (Lipinski definition) is 2. The molecule has 2 N–H and O–H groups in total. The standard InChI is InChI=1S/C29H27Cl2N3O5S2/c1-19-5-11-25(12-6-19)41(38,39)34(23-10-15-26(30)27(31)17-23)18-29(35)32-22-8-13-24(14-9-22)40(36,37)33-28-16-20(2)4-7-21(28)3/h4-17,33H,18H2,1-3H3,(H,32,35). The van der Waals surface area contributed by atoms with Crippen LogP contribution in [-0.4, -0.2) is 29.3 Å². The largest absolute Gasteiger partial charge is 0.325 e. The van der Waals surface area contributed by atoms with Crippen molar-refractivity contribution in [3.63, 3.8) is 0 Å². The van der Waals surface area contributed by atoms with Crippen molar-refractivity contribution in [2.24, 2.45) is 0 Å². The lowest BCUT2D eigenvalue weighted by Crippen LogP contribution is -2.38. The third-order valence-corrected chi connectivity index (χ3v) is 10.1. The van der Waals surface area contributed by atoms with Crippen molar-refractivity contribution < 1.29 is 21.6 Å². The molecule has 4 rings (SSSR count). The topological polar surface area (TPSA) is 113 Å². The van der Waals surface area contributed by atoms with E-state index in [2.05, 4.69) is 10.0 Å². The van der Waals surface area contributed by atoms with Crippen molar-refractivity contribution in [1.82, 2.24) is 0 Å². The summed E-state index contributed by atoms with van der Waals surface area (Å²) in [5, 5.41) is 2.98. The number of sulfonamides is 2. The number of aryl methyl sites for hydroxylation is 3. The number of anilines is 3. The second-order valence-corrected chi connectivity index (χ2v) is 13.8. The van der Waals surface area contributed by atoms with E-state index in [9.17, 15) is 21.6 Å². The zero-order valence-electron chi connectivity index (χ0n) is 22.4. The minimum atomic E-state index is -4.17. The molecule has 0 radical (unpaired) electrons. The molecule has 4 aromatic carbocycles. The van der Waals surface area contributed by atoms with E-state index in [1.807, 2.05) is 26.0 Å². The van der Waals surface area contributed by atoms with Crippen molar-refractivity contribution in [2.75, 3.05) is 20.9 Å². The molecule has 0 saturated carbocycles. The number of carbonyl (C=O) groups excluding carboxylic acids is 1. The monoisotopic (exact) mass is 631 g/mol. The summed E-state index contributed by atoms with van der Waals surface area (Å²) in [5.41, 5.74) is 3.45. The summed E-state index contributed by atoms with van der Waals surface area (Å²) in [6.45, 7) is 4.92. The Balaban J connectivity index is 1.55. The van der Waals surface area contributed by atoms with Crippen LogP contribution in [0.3, 0.4) is 0 Å². The SMILES string of the molecule is Cc1ccc(S(=O)(=O)N(CC(=O)Nc2ccc(S(=O)(=O)Nc3cc(C)ccc3C)cc2)c2ccc(Cl)c(Cl)c2)cc1. The van der Waals surface area contributed by atoms with Crippen molar-refractivity contribution in [3.05, 3.63) is 112 Å². The molecule has 0 bridgehead atoms. The van der Waals surface area contributed by atoms with Gasteiger partial charge < -0.3 is 5.32 Å². The minimum absolute atomic E-state index is 0.00390. The first-order valence-electron chi connectivity index (χ1n) is 12.3. The van der Waals surface area contributed by atoms with Gasteiger partial charge in [0, 0.05) is 5.69 Å². The van der Waals surface area contributed by atoms with Gasteiger partial charge in [0.25, 0.3) is 20.0 Å². The van der Waals surface area contributed by atoms with Crippen LogP contribution in [0.1, 0.15) is 16.7 Å². The fourth-order valence-corrected chi connectivity index (χ4v) is 6.72. The summed E-state index contributed by atoms with van der Waals surface area (Å²) < 4.78 is 56.5. The summed E-state index contributed by atoms with van der Waals surface area (Å²) in [5.74, 6) is -0.657. The zero-order chi connectivity index (χ0) is 29.9. The average molecular weight is 633 g/mol. The highest BCUT2D eigenvalue weighted by Gasteiger charge is 2.28. The fourth-order valence-electron chi connectivity index (χ4n) is 3.89. The highest BCUT2D eigenvalue weighted by atomic mass is 35.5. The first-order valence-corrected chi connectivity index (χ1v) is 16.0. The summed E-state index contributed by atoms with van der Waals surface area (Å²) in [7, 11) is -8.05. The van der Waals surface area contributed by atoms with E-state index in [1.54, 1.807) is 25.1 Å². The van der Waals surface area contributed by atoms with E-state index in [0.29, 0.717) is 5.69 Å². The quantitative estimate of drug-likeness (QED) is 0.217. The van der Waals surface area contributed by atoms with Gasteiger partial charge in [-0.3, -0.25) is 13.8 Å². The predicted molar refractivity (Wildman–Crippen MR) is 164 cm³/mol. The summed E-state index contributed by atoms with van der Waals surface area (Å²) >= 11 is 12.2. The van der Waals surface area contributed by atoms with E-state index in [0.717, 1.165) is 21.0 Å². The van der Waals surface area contributed by atoms with Crippen molar-refractivity contribution in [1.29, 1.82) is 0 Å². The van der Waals surface area contributed by atoms with Crippen LogP contribution in [0.4, 0.5) is 17.1 Å². The molecule has 4 aromatic rings. The molecule has 0 fully saturated rings. The number of benzene rings is 4. The number of nitrogens with one attached hydrogen (secondary N) is 2. The minimum Gasteiger partial charge on any atom is -0.325 e. The third kappa shape index (κ3) is 7.20. The maximum atomic E-state index is 13.6. The van der Waals surface area contributed by atoms with Gasteiger partial charge in [0.05, 0.1) is 31.2 Å². The molecule has 0 aliphatic rings. The number of hydrogen-bond acceptors (Lipinski definition) is 5. The molecule has 1 amide bonds. The van der Waals surface area contributed by atoms with E-state index in [-0.39, 0.29) is 31.2 Å². The molecule has 0 aliphatic heterocycles. The van der Waals surface area contributed by atoms with Gasteiger partial charge >= 0.3 is 0 Å². The maximum absolute atomic E-state index is 13.6. The van der Waals surface area contributed by atoms with Gasteiger partial charge in [-0.05, 0) is 92.6 Å². The molecule has 0 heterocycles. The van der Waals surface area contributed by atoms with Gasteiger partial charge in [-0.1, -0.05) is 53.0 Å². The Morgan fingerprint density at radius 1 is 0.732 bits per heavy atom. The van der Waals surface area contributed by atoms with E-state index in [1.165, 1.54) is 54.6 Å². The normalized spacial score (nSPS) is 11.6. The average Bonchev–Trinajstić information content (AvgIpc) is 2.91. The lowest BCUT2D eigenvalue weighted by molar-refractivity contribution is -0.114. The Morgan fingerprint density at radius 2 is 1.34 bits per heavy atom. The predicted octanol–water partition coefficient (Wildman–Crippen LogP) is 6.55. The number of rotatable bonds is 9. The Labute approximate surface area is 250 Å². The zero-order valence-corrected chi connectivity index (χ0v) is 25.5. The van der Waals surface area contributed by atoms with Crippen LogP contribution in [0.25, 0.3) is 0 Å². The highest BCUT2D eigenvalue weighted by Crippen LogP contribution is 2.31. The van der Waals surface area contributed by atoms with Gasteiger partial charge in [0.15, 0.2) is 0 Å². The van der Waals surface area contributed by atoms with E-state index in [4.69, 9.17) is 23.2 Å². The Morgan fingerprint density at radius 3 is 1.98 bits per heavy atom. The van der Waals surface area contributed by atoms with Gasteiger partial charge in [-0.15, -0.1) is 0 Å². The van der Waals surface area contributed by atoms with Crippen LogP contribution in [0, 0.1) is 20.8 Å². The van der Waals surface area contributed by atoms with E-state index >= 15 is 0 Å². The molecule has 0 saturated heterocycles. The maximum Gasteiger partial charge on any atom is 0.264 e. The lowest BCUT2D eigenvalue weighted by Gasteiger charge is -2.24. The van der Waals surface area contributed by atoms with Gasteiger partial charge in [-0.25, -0.2) is 16.8 Å². The molecule has 8 nitrogen and oxygen atoms in total. The molecule has 214 valence electrons. The van der Waals surface area contributed by atoms with Crippen LogP contribution in [0.15, 0.2) is 94.7 Å². The van der Waals surface area contributed by atoms with Crippen LogP contribution in [0.5, 0.6) is 0 Å². The molecular weight excluding hydrogens is 605 g/mol. The highest BCUT2D eigenvalue weighted by molar-refractivity contribution is 7.93. The summed E-state index contributed by atoms with van der Waals surface area (Å²) in [6.07, 6.45) is 0. The van der Waals surface area contributed by atoms with Gasteiger partial charge in [-0.2, -0.15) is 0 Å². The van der Waals surface area contributed by atoms with Crippen molar-refractivity contribution in [2.45, 2.75) is 30.6 Å². The number of carbonyl (C=O) groups is 1. The van der Waals surface area contributed by atoms with Crippen molar-refractivity contribution >= 4 is 66.2 Å². The number of halogens is 2. The molecule has 41 heavy (non-hydrogen) atoms. The van der Waals surface area contributed by atoms with Crippen LogP contribution >= 0.6 is 23.2 Å². The second-order valence-electron chi connectivity index (χ2n) is 9.42. The molecule has 0 unspecified atom stereocenters. The lowest BCUT2D eigenvalue weighted by atomic mass is 10.1. The van der Waals surface area contributed by atoms with Crippen LogP contribution in [0.2, 0.25) is 10.0 Å². The molecule has 12 heteroatoms. The van der Waals surface area contributed by atoms with Crippen LogP contribution < -0.4 is 14.3 Å². The first kappa shape index (κ1) is 30.4. The second kappa shape index (κ2) is 12.1. The van der Waals surface area contributed by atoms with E-state index < -0.39 is 32.5 Å². The van der Waals surface area contributed by atoms with Gasteiger partial charge in [0.1, 0.15) is 6.54 Å². The van der Waals surface area contributed by atoms with Crippen LogP contribution in [-0.2, 0) is 24.8 Å². The summed E-state index contributed by atoms with van der Waals surface area (Å²) in [6, 6.07) is 21.5. The Hall–Kier alpha value is -3.57. The Kier molecular flexibility index (Phi) is 8.98. The third-order valence-electron chi connectivity index (χ3n) is 6.17. The molecule has 0 atom stereocenters. The smallest absolute Gasteiger partial charge is 0.264 e. The van der Waals surface area contributed by atoms with Gasteiger partial charge in [0.2, 0.25) is 5.91 Å². The summed E-state index contributed by atoms with van der Waals surface area (Å²) in [4.78, 5) is 13.1. The fraction of sp³-hybridized carbons (Fsp3) is 0.138. The Bertz CT molecular complexity index is 1810. The molecule has 0 aromatic heterocycles.